The standard InChI is InChI=1S/C15H20BN3O3/c1-14(2)15(3,4)22-16(21-14)12(10-20)9-11-7-5-6-8-13(11)18-19-17/h5-9,20H,10H2,1-4H3. The summed E-state index contributed by atoms with van der Waals surface area (Å²) in [5, 5.41) is 13.3. The van der Waals surface area contributed by atoms with Crippen LogP contribution in [0.25, 0.3) is 16.5 Å². The summed E-state index contributed by atoms with van der Waals surface area (Å²) in [5.41, 5.74) is 9.45. The molecule has 0 bridgehead atoms. The first kappa shape index (κ1) is 16.6. The smallest absolute Gasteiger partial charge is 0.400 e. The average Bonchev–Trinajstić information content (AvgIpc) is 2.66. The van der Waals surface area contributed by atoms with Crippen LogP contribution < -0.4 is 0 Å². The van der Waals surface area contributed by atoms with E-state index in [2.05, 4.69) is 10.0 Å². The molecule has 0 saturated carbocycles. The van der Waals surface area contributed by atoms with Gasteiger partial charge in [0.15, 0.2) is 0 Å². The summed E-state index contributed by atoms with van der Waals surface area (Å²) in [6.45, 7) is 7.61. The summed E-state index contributed by atoms with van der Waals surface area (Å²) in [7, 11) is -0.630. The molecule has 0 radical (unpaired) electrons. The molecule has 6 nitrogen and oxygen atoms in total. The Morgan fingerprint density at radius 3 is 2.41 bits per heavy atom. The number of aliphatic hydroxyl groups excluding tert-OH is 1. The monoisotopic (exact) mass is 301 g/mol. The van der Waals surface area contributed by atoms with Gasteiger partial charge >= 0.3 is 7.12 Å². The minimum Gasteiger partial charge on any atom is -0.400 e. The Morgan fingerprint density at radius 2 is 1.86 bits per heavy atom. The largest absolute Gasteiger partial charge is 0.492 e. The first-order chi connectivity index (χ1) is 10.3. The topological polar surface area (TPSA) is 87.5 Å². The molecule has 0 aliphatic carbocycles. The van der Waals surface area contributed by atoms with Crippen LogP contribution in [0.15, 0.2) is 34.9 Å². The summed E-state index contributed by atoms with van der Waals surface area (Å²) < 4.78 is 11.9. The van der Waals surface area contributed by atoms with Crippen molar-refractivity contribution < 1.29 is 14.4 Å². The highest BCUT2D eigenvalue weighted by Crippen LogP contribution is 2.39. The normalized spacial score (nSPS) is 19.9. The highest BCUT2D eigenvalue weighted by Gasteiger charge is 2.52. The van der Waals surface area contributed by atoms with E-state index < -0.39 is 18.3 Å². The van der Waals surface area contributed by atoms with Gasteiger partial charge in [-0.3, -0.25) is 0 Å². The van der Waals surface area contributed by atoms with E-state index in [4.69, 9.17) is 14.8 Å². The minimum absolute atomic E-state index is 0.207. The number of hydrogen-bond donors (Lipinski definition) is 1. The molecule has 1 N–H and O–H groups in total. The summed E-state index contributed by atoms with van der Waals surface area (Å²) in [6, 6.07) is 7.14. The van der Waals surface area contributed by atoms with Gasteiger partial charge in [-0.1, -0.05) is 35.5 Å². The summed E-state index contributed by atoms with van der Waals surface area (Å²) in [4.78, 5) is 2.81. The zero-order chi connectivity index (χ0) is 16.4. The van der Waals surface area contributed by atoms with Crippen LogP contribution in [-0.2, 0) is 9.31 Å². The molecule has 1 fully saturated rings. The van der Waals surface area contributed by atoms with Gasteiger partial charge < -0.3 is 14.4 Å². The van der Waals surface area contributed by atoms with Crippen LogP contribution in [0.3, 0.4) is 0 Å². The number of benzene rings is 1. The Labute approximate surface area is 130 Å². The molecule has 1 heterocycles. The van der Waals surface area contributed by atoms with Crippen LogP contribution in [0.4, 0.5) is 5.69 Å². The van der Waals surface area contributed by atoms with Crippen molar-refractivity contribution in [3.8, 4) is 0 Å². The maximum Gasteiger partial charge on any atom is 0.492 e. The molecule has 22 heavy (non-hydrogen) atoms. The van der Waals surface area contributed by atoms with Gasteiger partial charge in [0.1, 0.15) is 0 Å². The molecule has 0 unspecified atom stereocenters. The fraction of sp³-hybridized carbons (Fsp3) is 0.467. The Kier molecular flexibility index (Phi) is 4.63. The highest BCUT2D eigenvalue weighted by atomic mass is 16.7. The molecule has 0 aromatic heterocycles. The minimum atomic E-state index is -0.630. The zero-order valence-corrected chi connectivity index (χ0v) is 13.3. The van der Waals surface area contributed by atoms with Crippen molar-refractivity contribution in [2.45, 2.75) is 38.9 Å². The predicted molar refractivity (Wildman–Crippen MR) is 86.4 cm³/mol. The van der Waals surface area contributed by atoms with Gasteiger partial charge in [0.25, 0.3) is 0 Å². The first-order valence-electron chi connectivity index (χ1n) is 7.12. The average molecular weight is 301 g/mol. The molecule has 0 amide bonds. The molecule has 2 rings (SSSR count). The molecular formula is C15H20BN3O3. The SMILES string of the molecule is CC1(C)OB(C(=Cc2ccccc2N=[N+]=[N-])CO)OC1(C)C. The Bertz CT molecular complexity index is 621. The van der Waals surface area contributed by atoms with Crippen molar-refractivity contribution in [2.24, 2.45) is 5.11 Å². The van der Waals surface area contributed by atoms with Crippen LogP contribution >= 0.6 is 0 Å². The lowest BCUT2D eigenvalue weighted by Gasteiger charge is -2.32. The highest BCUT2D eigenvalue weighted by molar-refractivity contribution is 6.55. The Morgan fingerprint density at radius 1 is 1.27 bits per heavy atom. The van der Waals surface area contributed by atoms with E-state index in [0.717, 1.165) is 0 Å². The first-order valence-corrected chi connectivity index (χ1v) is 7.12. The molecule has 1 saturated heterocycles. The van der Waals surface area contributed by atoms with E-state index in [1.807, 2.05) is 39.8 Å². The number of nitrogens with zero attached hydrogens (tertiary/aromatic N) is 3. The van der Waals surface area contributed by atoms with Crippen LogP contribution in [0, 0.1) is 0 Å². The number of hydrogen-bond acceptors (Lipinski definition) is 4. The molecule has 0 atom stereocenters. The Hall–Kier alpha value is -1.79. The third kappa shape index (κ3) is 3.18. The maximum atomic E-state index is 9.68. The molecule has 116 valence electrons. The maximum absolute atomic E-state index is 9.68. The van der Waals surface area contributed by atoms with Crippen LogP contribution in [-0.4, -0.2) is 30.0 Å². The van der Waals surface area contributed by atoms with Crippen LogP contribution in [0.5, 0.6) is 0 Å². The fourth-order valence-electron chi connectivity index (χ4n) is 2.13. The second-order valence-electron chi connectivity index (χ2n) is 6.21. The van der Waals surface area contributed by atoms with Crippen LogP contribution in [0.1, 0.15) is 33.3 Å². The Balaban J connectivity index is 2.36. The van der Waals surface area contributed by atoms with E-state index in [9.17, 15) is 5.11 Å². The summed E-state index contributed by atoms with van der Waals surface area (Å²) in [6.07, 6.45) is 1.74. The van der Waals surface area contributed by atoms with Gasteiger partial charge in [-0.2, -0.15) is 0 Å². The second-order valence-corrected chi connectivity index (χ2v) is 6.21. The van der Waals surface area contributed by atoms with E-state index in [1.54, 1.807) is 18.2 Å². The third-order valence-electron chi connectivity index (χ3n) is 4.17. The van der Waals surface area contributed by atoms with Crippen LogP contribution in [0.2, 0.25) is 0 Å². The van der Waals surface area contributed by atoms with E-state index in [-0.39, 0.29) is 6.61 Å². The van der Waals surface area contributed by atoms with Gasteiger partial charge in [-0.25, -0.2) is 0 Å². The van der Waals surface area contributed by atoms with E-state index >= 15 is 0 Å². The quantitative estimate of drug-likeness (QED) is 0.398. The lowest BCUT2D eigenvalue weighted by atomic mass is 9.77. The molecule has 1 aromatic rings. The number of azide groups is 1. The lowest BCUT2D eigenvalue weighted by Crippen LogP contribution is -2.41. The number of aliphatic hydroxyl groups is 1. The van der Waals surface area contributed by atoms with Gasteiger partial charge in [0, 0.05) is 10.6 Å². The molecule has 1 aromatic carbocycles. The van der Waals surface area contributed by atoms with Gasteiger partial charge in [-0.15, -0.1) is 0 Å². The number of rotatable bonds is 4. The van der Waals surface area contributed by atoms with E-state index in [1.165, 1.54) is 0 Å². The molecule has 0 spiro atoms. The lowest BCUT2D eigenvalue weighted by molar-refractivity contribution is 0.00578. The predicted octanol–water partition coefficient (Wildman–Crippen LogP) is 3.64. The second kappa shape index (κ2) is 6.14. The molecule has 7 heteroatoms. The van der Waals surface area contributed by atoms with E-state index in [0.29, 0.717) is 16.7 Å². The molecule has 1 aliphatic heterocycles. The fourth-order valence-corrected chi connectivity index (χ4v) is 2.13. The zero-order valence-electron chi connectivity index (χ0n) is 13.3. The third-order valence-corrected chi connectivity index (χ3v) is 4.17. The van der Waals surface area contributed by atoms with Gasteiger partial charge in [0.2, 0.25) is 0 Å². The van der Waals surface area contributed by atoms with Crippen molar-refractivity contribution in [1.82, 2.24) is 0 Å². The van der Waals surface area contributed by atoms with Gasteiger partial charge in [-0.05, 0) is 44.3 Å². The molecular weight excluding hydrogens is 281 g/mol. The molecule has 1 aliphatic rings. The van der Waals surface area contributed by atoms with Crippen molar-refractivity contribution in [2.75, 3.05) is 6.61 Å². The summed E-state index contributed by atoms with van der Waals surface area (Å²) >= 11 is 0. The van der Waals surface area contributed by atoms with Crippen molar-refractivity contribution >= 4 is 18.9 Å². The van der Waals surface area contributed by atoms with Crippen molar-refractivity contribution in [3.63, 3.8) is 0 Å². The summed E-state index contributed by atoms with van der Waals surface area (Å²) in [5.74, 6) is 0. The van der Waals surface area contributed by atoms with Gasteiger partial charge in [0.05, 0.1) is 17.8 Å². The van der Waals surface area contributed by atoms with Crippen molar-refractivity contribution in [3.05, 3.63) is 45.7 Å². The van der Waals surface area contributed by atoms with Crippen molar-refractivity contribution in [1.29, 1.82) is 0 Å².